The number of hydrogen-bond donors (Lipinski definition) is 3. The molecule has 5 heteroatoms. The number of fused-ring (bicyclic) bond motifs is 1. The minimum atomic E-state index is -0.308. The SMILES string of the molecule is CC(C)(CO)CNC(=O)C1=C2C=CC=CN2C(C2CC2)N1. The molecule has 3 rings (SSSR count). The number of carbonyl (C=O) groups is 1. The summed E-state index contributed by atoms with van der Waals surface area (Å²) in [6.45, 7) is 4.35. The van der Waals surface area contributed by atoms with Gasteiger partial charge in [0.1, 0.15) is 11.9 Å². The molecule has 3 N–H and O–H groups in total. The highest BCUT2D eigenvalue weighted by Crippen LogP contribution is 2.40. The van der Waals surface area contributed by atoms with Crippen molar-refractivity contribution in [2.24, 2.45) is 11.3 Å². The molecule has 1 unspecified atom stereocenters. The monoisotopic (exact) mass is 289 g/mol. The Morgan fingerprint density at radius 2 is 2.24 bits per heavy atom. The molecule has 0 saturated heterocycles. The van der Waals surface area contributed by atoms with Crippen LogP contribution in [0.25, 0.3) is 0 Å². The molecule has 114 valence electrons. The zero-order valence-electron chi connectivity index (χ0n) is 12.6. The summed E-state index contributed by atoms with van der Waals surface area (Å²) in [6.07, 6.45) is 10.6. The van der Waals surface area contributed by atoms with Crippen molar-refractivity contribution in [2.75, 3.05) is 13.2 Å². The Labute approximate surface area is 125 Å². The fourth-order valence-corrected chi connectivity index (χ4v) is 2.60. The third-order valence-electron chi connectivity index (χ3n) is 4.19. The van der Waals surface area contributed by atoms with E-state index in [9.17, 15) is 9.90 Å². The van der Waals surface area contributed by atoms with E-state index in [1.807, 2.05) is 38.3 Å². The van der Waals surface area contributed by atoms with Gasteiger partial charge in [0.25, 0.3) is 5.91 Å². The maximum Gasteiger partial charge on any atom is 0.269 e. The molecule has 1 fully saturated rings. The van der Waals surface area contributed by atoms with Crippen LogP contribution in [0.2, 0.25) is 0 Å². The van der Waals surface area contributed by atoms with Crippen molar-refractivity contribution in [3.63, 3.8) is 0 Å². The van der Waals surface area contributed by atoms with Crippen LogP contribution in [0.15, 0.2) is 35.8 Å². The Balaban J connectivity index is 1.72. The lowest BCUT2D eigenvalue weighted by atomic mass is 9.95. The molecule has 3 aliphatic rings. The Morgan fingerprint density at radius 1 is 1.48 bits per heavy atom. The second-order valence-corrected chi connectivity index (χ2v) is 6.80. The molecular formula is C16H23N3O2. The van der Waals surface area contributed by atoms with E-state index in [1.54, 1.807) is 0 Å². The Bertz CT molecular complexity index is 530. The lowest BCUT2D eigenvalue weighted by molar-refractivity contribution is -0.118. The number of aliphatic hydroxyl groups excluding tert-OH is 1. The van der Waals surface area contributed by atoms with Crippen LogP contribution in [0.5, 0.6) is 0 Å². The van der Waals surface area contributed by atoms with Gasteiger partial charge in [0.15, 0.2) is 0 Å². The van der Waals surface area contributed by atoms with Gasteiger partial charge in [0.2, 0.25) is 0 Å². The predicted molar refractivity (Wildman–Crippen MR) is 80.7 cm³/mol. The molecule has 0 aromatic heterocycles. The fourth-order valence-electron chi connectivity index (χ4n) is 2.60. The lowest BCUT2D eigenvalue weighted by Crippen LogP contribution is -2.41. The molecule has 5 nitrogen and oxygen atoms in total. The molecule has 0 radical (unpaired) electrons. The van der Waals surface area contributed by atoms with Crippen LogP contribution < -0.4 is 10.6 Å². The van der Waals surface area contributed by atoms with Crippen molar-refractivity contribution in [1.82, 2.24) is 15.5 Å². The maximum absolute atomic E-state index is 12.5. The predicted octanol–water partition coefficient (Wildman–Crippen LogP) is 1.06. The summed E-state index contributed by atoms with van der Waals surface area (Å²) in [5.41, 5.74) is 1.27. The standard InChI is InChI=1S/C16H23N3O2/c1-16(2,10-20)9-17-15(21)13-12-5-3-4-8-19(12)14(18-13)11-6-7-11/h3-5,8,11,14,18,20H,6-7,9-10H2,1-2H3,(H,17,21). The summed E-state index contributed by atoms with van der Waals surface area (Å²) in [4.78, 5) is 14.6. The van der Waals surface area contributed by atoms with Crippen LogP contribution in [0.4, 0.5) is 0 Å². The fraction of sp³-hybridized carbons (Fsp3) is 0.562. The van der Waals surface area contributed by atoms with E-state index in [1.165, 1.54) is 12.8 Å². The Hall–Kier alpha value is -1.75. The maximum atomic E-state index is 12.5. The van der Waals surface area contributed by atoms with E-state index in [2.05, 4.69) is 15.5 Å². The minimum Gasteiger partial charge on any atom is -0.396 e. The zero-order chi connectivity index (χ0) is 15.0. The molecule has 1 saturated carbocycles. The average Bonchev–Trinajstić information content (AvgIpc) is 3.26. The zero-order valence-corrected chi connectivity index (χ0v) is 12.6. The second kappa shape index (κ2) is 5.22. The smallest absolute Gasteiger partial charge is 0.269 e. The number of carbonyl (C=O) groups excluding carboxylic acids is 1. The van der Waals surface area contributed by atoms with Crippen molar-refractivity contribution in [1.29, 1.82) is 0 Å². The van der Waals surface area contributed by atoms with Crippen molar-refractivity contribution in [3.05, 3.63) is 35.8 Å². The number of allylic oxidation sites excluding steroid dienone is 3. The number of nitrogens with one attached hydrogen (secondary N) is 2. The lowest BCUT2D eigenvalue weighted by Gasteiger charge is -2.25. The van der Waals surface area contributed by atoms with Crippen LogP contribution in [-0.2, 0) is 4.79 Å². The van der Waals surface area contributed by atoms with Crippen molar-refractivity contribution < 1.29 is 9.90 Å². The number of aliphatic hydroxyl groups is 1. The number of amides is 1. The van der Waals surface area contributed by atoms with Gasteiger partial charge in [-0.25, -0.2) is 0 Å². The third kappa shape index (κ3) is 2.83. The van der Waals surface area contributed by atoms with Crippen LogP contribution in [-0.4, -0.2) is 35.2 Å². The van der Waals surface area contributed by atoms with Crippen molar-refractivity contribution in [3.8, 4) is 0 Å². The molecule has 1 aliphatic carbocycles. The largest absolute Gasteiger partial charge is 0.396 e. The van der Waals surface area contributed by atoms with E-state index >= 15 is 0 Å². The summed E-state index contributed by atoms with van der Waals surface area (Å²) in [6, 6.07) is 0. The molecule has 0 bridgehead atoms. The summed E-state index contributed by atoms with van der Waals surface area (Å²) in [5.74, 6) is 0.523. The molecule has 0 aromatic carbocycles. The first-order valence-electron chi connectivity index (χ1n) is 7.55. The van der Waals surface area contributed by atoms with Crippen molar-refractivity contribution >= 4 is 5.91 Å². The molecule has 1 amide bonds. The molecule has 2 aliphatic heterocycles. The van der Waals surface area contributed by atoms with E-state index < -0.39 is 0 Å². The van der Waals surface area contributed by atoms with Gasteiger partial charge in [-0.15, -0.1) is 0 Å². The highest BCUT2D eigenvalue weighted by atomic mass is 16.3. The first kappa shape index (κ1) is 14.2. The van der Waals surface area contributed by atoms with Gasteiger partial charge >= 0.3 is 0 Å². The van der Waals surface area contributed by atoms with Gasteiger partial charge < -0.3 is 20.6 Å². The van der Waals surface area contributed by atoms with Crippen LogP contribution in [0.1, 0.15) is 26.7 Å². The highest BCUT2D eigenvalue weighted by Gasteiger charge is 2.42. The van der Waals surface area contributed by atoms with Gasteiger partial charge in [0, 0.05) is 24.8 Å². The van der Waals surface area contributed by atoms with Gasteiger partial charge in [-0.05, 0) is 30.9 Å². The number of rotatable bonds is 5. The molecular weight excluding hydrogens is 266 g/mol. The first-order chi connectivity index (χ1) is 10.0. The minimum absolute atomic E-state index is 0.0477. The second-order valence-electron chi connectivity index (χ2n) is 6.80. The van der Waals surface area contributed by atoms with Gasteiger partial charge in [-0.2, -0.15) is 0 Å². The normalized spacial score (nSPS) is 24.1. The van der Waals surface area contributed by atoms with Gasteiger partial charge in [-0.3, -0.25) is 4.79 Å². The summed E-state index contributed by atoms with van der Waals surface area (Å²) in [5, 5.41) is 15.6. The van der Waals surface area contributed by atoms with Crippen LogP contribution >= 0.6 is 0 Å². The molecule has 21 heavy (non-hydrogen) atoms. The Kier molecular flexibility index (Phi) is 3.53. The summed E-state index contributed by atoms with van der Waals surface area (Å²) < 4.78 is 0. The Morgan fingerprint density at radius 3 is 2.90 bits per heavy atom. The van der Waals surface area contributed by atoms with Crippen LogP contribution in [0.3, 0.4) is 0 Å². The molecule has 2 heterocycles. The summed E-state index contributed by atoms with van der Waals surface area (Å²) >= 11 is 0. The number of hydrogen-bond acceptors (Lipinski definition) is 4. The summed E-state index contributed by atoms with van der Waals surface area (Å²) in [7, 11) is 0. The molecule has 1 atom stereocenters. The van der Waals surface area contributed by atoms with E-state index in [0.717, 1.165) is 5.70 Å². The van der Waals surface area contributed by atoms with E-state index in [0.29, 0.717) is 18.2 Å². The van der Waals surface area contributed by atoms with Gasteiger partial charge in [0.05, 0.1) is 5.70 Å². The van der Waals surface area contributed by atoms with Crippen molar-refractivity contribution in [2.45, 2.75) is 32.9 Å². The van der Waals surface area contributed by atoms with E-state index in [-0.39, 0.29) is 24.1 Å². The molecule has 0 aromatic rings. The first-order valence-corrected chi connectivity index (χ1v) is 7.55. The number of nitrogens with zero attached hydrogens (tertiary/aromatic N) is 1. The quantitative estimate of drug-likeness (QED) is 0.708. The average molecular weight is 289 g/mol. The topological polar surface area (TPSA) is 64.6 Å². The molecule has 0 spiro atoms. The van der Waals surface area contributed by atoms with Gasteiger partial charge in [-0.1, -0.05) is 19.9 Å². The van der Waals surface area contributed by atoms with Crippen LogP contribution in [0, 0.1) is 11.3 Å². The highest BCUT2D eigenvalue weighted by molar-refractivity contribution is 5.94. The van der Waals surface area contributed by atoms with E-state index in [4.69, 9.17) is 0 Å². The third-order valence-corrected chi connectivity index (χ3v) is 4.19.